The summed E-state index contributed by atoms with van der Waals surface area (Å²) >= 11 is 0. The van der Waals surface area contributed by atoms with Crippen LogP contribution in [-0.4, -0.2) is 22.4 Å². The van der Waals surface area contributed by atoms with E-state index in [1.54, 1.807) is 6.33 Å². The molecular formula is C18H19N3O. The molecule has 2 aromatic carbocycles. The summed E-state index contributed by atoms with van der Waals surface area (Å²) in [5, 5.41) is 2.97. The Balaban J connectivity index is 1.59. The molecule has 0 aliphatic rings. The van der Waals surface area contributed by atoms with Gasteiger partial charge in [0.15, 0.2) is 0 Å². The van der Waals surface area contributed by atoms with Gasteiger partial charge in [-0.25, -0.2) is 4.98 Å². The molecule has 2 N–H and O–H groups in total. The molecule has 0 unspecified atom stereocenters. The molecule has 3 rings (SSSR count). The van der Waals surface area contributed by atoms with Crippen LogP contribution in [0.4, 0.5) is 0 Å². The van der Waals surface area contributed by atoms with E-state index in [4.69, 9.17) is 0 Å². The molecule has 0 spiro atoms. The highest BCUT2D eigenvalue weighted by Gasteiger charge is 2.06. The summed E-state index contributed by atoms with van der Waals surface area (Å²) in [6.07, 6.45) is 2.49. The molecule has 1 amide bonds. The Bertz CT molecular complexity index is 820. The Morgan fingerprint density at radius 1 is 1.14 bits per heavy atom. The highest BCUT2D eigenvalue weighted by Crippen LogP contribution is 2.12. The second kappa shape index (κ2) is 6.02. The summed E-state index contributed by atoms with van der Waals surface area (Å²) in [5.74, 6) is -0.0225. The summed E-state index contributed by atoms with van der Waals surface area (Å²) in [6, 6.07) is 11.9. The first-order chi connectivity index (χ1) is 10.6. The number of aromatic nitrogens is 2. The van der Waals surface area contributed by atoms with Crippen LogP contribution >= 0.6 is 0 Å². The lowest BCUT2D eigenvalue weighted by Gasteiger charge is -2.07. The normalized spacial score (nSPS) is 10.8. The summed E-state index contributed by atoms with van der Waals surface area (Å²) in [5.41, 5.74) is 6.21. The van der Waals surface area contributed by atoms with Gasteiger partial charge in [0.05, 0.1) is 17.4 Å². The number of fused-ring (bicyclic) bond motifs is 1. The lowest BCUT2D eigenvalue weighted by molar-refractivity contribution is 0.0954. The van der Waals surface area contributed by atoms with E-state index in [9.17, 15) is 4.79 Å². The van der Waals surface area contributed by atoms with Crippen molar-refractivity contribution in [3.05, 3.63) is 65.0 Å². The van der Waals surface area contributed by atoms with Crippen molar-refractivity contribution in [3.63, 3.8) is 0 Å². The van der Waals surface area contributed by atoms with Crippen LogP contribution in [0, 0.1) is 13.8 Å². The molecule has 0 saturated heterocycles. The Morgan fingerprint density at radius 3 is 2.82 bits per heavy atom. The van der Waals surface area contributed by atoms with Crippen LogP contribution in [0.25, 0.3) is 11.0 Å². The van der Waals surface area contributed by atoms with Gasteiger partial charge in [-0.2, -0.15) is 0 Å². The van der Waals surface area contributed by atoms with Crippen molar-refractivity contribution in [2.45, 2.75) is 20.3 Å². The maximum absolute atomic E-state index is 12.1. The molecule has 112 valence electrons. The highest BCUT2D eigenvalue weighted by atomic mass is 16.1. The number of H-pyrrole nitrogens is 1. The zero-order valence-electron chi connectivity index (χ0n) is 12.8. The monoisotopic (exact) mass is 293 g/mol. The topological polar surface area (TPSA) is 57.8 Å². The molecule has 3 aromatic rings. The second-order valence-corrected chi connectivity index (χ2v) is 5.56. The van der Waals surface area contributed by atoms with E-state index >= 15 is 0 Å². The molecule has 4 nitrogen and oxygen atoms in total. The van der Waals surface area contributed by atoms with E-state index in [0.29, 0.717) is 12.1 Å². The van der Waals surface area contributed by atoms with E-state index in [1.165, 1.54) is 11.1 Å². The first-order valence-corrected chi connectivity index (χ1v) is 7.41. The van der Waals surface area contributed by atoms with Crippen LogP contribution < -0.4 is 5.32 Å². The van der Waals surface area contributed by atoms with Gasteiger partial charge < -0.3 is 10.3 Å². The van der Waals surface area contributed by atoms with Gasteiger partial charge in [-0.3, -0.25) is 4.79 Å². The van der Waals surface area contributed by atoms with Crippen molar-refractivity contribution in [2.24, 2.45) is 0 Å². The first kappa shape index (κ1) is 14.3. The SMILES string of the molecule is Cc1ccc(C(=O)NCCc2ccc3nc[nH]c3c2)cc1C. The number of aryl methyl sites for hydroxylation is 2. The third kappa shape index (κ3) is 3.01. The summed E-state index contributed by atoms with van der Waals surface area (Å²) < 4.78 is 0. The summed E-state index contributed by atoms with van der Waals surface area (Å²) in [6.45, 7) is 4.68. The molecule has 1 aromatic heterocycles. The number of carbonyl (C=O) groups excluding carboxylic acids is 1. The van der Waals surface area contributed by atoms with E-state index in [2.05, 4.69) is 21.4 Å². The van der Waals surface area contributed by atoms with Gasteiger partial charge in [-0.1, -0.05) is 12.1 Å². The van der Waals surface area contributed by atoms with Gasteiger partial charge in [0.1, 0.15) is 0 Å². The third-order valence-electron chi connectivity index (χ3n) is 3.95. The molecule has 22 heavy (non-hydrogen) atoms. The smallest absolute Gasteiger partial charge is 0.251 e. The molecule has 0 fully saturated rings. The number of rotatable bonds is 4. The predicted molar refractivity (Wildman–Crippen MR) is 88.0 cm³/mol. The van der Waals surface area contributed by atoms with Gasteiger partial charge in [-0.15, -0.1) is 0 Å². The molecule has 0 atom stereocenters. The Hall–Kier alpha value is -2.62. The lowest BCUT2D eigenvalue weighted by atomic mass is 10.1. The minimum absolute atomic E-state index is 0.0225. The summed E-state index contributed by atoms with van der Waals surface area (Å²) in [4.78, 5) is 19.4. The number of benzene rings is 2. The van der Waals surface area contributed by atoms with Crippen molar-refractivity contribution in [2.75, 3.05) is 6.54 Å². The van der Waals surface area contributed by atoms with Gasteiger partial charge in [0.25, 0.3) is 5.91 Å². The van der Waals surface area contributed by atoms with E-state index in [0.717, 1.165) is 23.0 Å². The van der Waals surface area contributed by atoms with Crippen LogP contribution in [0.3, 0.4) is 0 Å². The average Bonchev–Trinajstić information content (AvgIpc) is 2.97. The van der Waals surface area contributed by atoms with Crippen molar-refractivity contribution < 1.29 is 4.79 Å². The predicted octanol–water partition coefficient (Wildman–Crippen LogP) is 3.15. The average molecular weight is 293 g/mol. The fourth-order valence-electron chi connectivity index (χ4n) is 2.44. The fraction of sp³-hybridized carbons (Fsp3) is 0.222. The molecule has 0 aliphatic carbocycles. The van der Waals surface area contributed by atoms with E-state index < -0.39 is 0 Å². The molecule has 4 heteroatoms. The van der Waals surface area contributed by atoms with E-state index in [1.807, 2.05) is 44.2 Å². The molecule has 0 radical (unpaired) electrons. The Morgan fingerprint density at radius 2 is 2.00 bits per heavy atom. The number of imidazole rings is 1. The number of nitrogens with zero attached hydrogens (tertiary/aromatic N) is 1. The number of nitrogens with one attached hydrogen (secondary N) is 2. The van der Waals surface area contributed by atoms with Gasteiger partial charge >= 0.3 is 0 Å². The van der Waals surface area contributed by atoms with Crippen LogP contribution in [-0.2, 0) is 6.42 Å². The molecule has 0 bridgehead atoms. The number of hydrogen-bond donors (Lipinski definition) is 2. The first-order valence-electron chi connectivity index (χ1n) is 7.41. The molecule has 0 aliphatic heterocycles. The van der Waals surface area contributed by atoms with Gasteiger partial charge in [0.2, 0.25) is 0 Å². The maximum Gasteiger partial charge on any atom is 0.251 e. The van der Waals surface area contributed by atoms with Crippen molar-refractivity contribution >= 4 is 16.9 Å². The number of carbonyl (C=O) groups is 1. The standard InChI is InChI=1S/C18H19N3O/c1-12-3-5-15(9-13(12)2)18(22)19-8-7-14-4-6-16-17(10-14)21-11-20-16/h3-6,9-11H,7-8H2,1-2H3,(H,19,22)(H,20,21). The van der Waals surface area contributed by atoms with Crippen LogP contribution in [0.1, 0.15) is 27.0 Å². The number of hydrogen-bond acceptors (Lipinski definition) is 2. The van der Waals surface area contributed by atoms with Gasteiger partial charge in [0, 0.05) is 12.1 Å². The van der Waals surface area contributed by atoms with Crippen LogP contribution in [0.2, 0.25) is 0 Å². The third-order valence-corrected chi connectivity index (χ3v) is 3.95. The maximum atomic E-state index is 12.1. The lowest BCUT2D eigenvalue weighted by Crippen LogP contribution is -2.25. The minimum Gasteiger partial charge on any atom is -0.352 e. The summed E-state index contributed by atoms with van der Waals surface area (Å²) in [7, 11) is 0. The molecular weight excluding hydrogens is 274 g/mol. The zero-order valence-corrected chi connectivity index (χ0v) is 12.8. The minimum atomic E-state index is -0.0225. The molecule has 0 saturated carbocycles. The largest absolute Gasteiger partial charge is 0.352 e. The molecule has 1 heterocycles. The quantitative estimate of drug-likeness (QED) is 0.776. The van der Waals surface area contributed by atoms with Gasteiger partial charge in [-0.05, 0) is 61.2 Å². The van der Waals surface area contributed by atoms with Crippen LogP contribution in [0.15, 0.2) is 42.7 Å². The van der Waals surface area contributed by atoms with E-state index in [-0.39, 0.29) is 5.91 Å². The fourth-order valence-corrected chi connectivity index (χ4v) is 2.44. The number of amides is 1. The van der Waals surface area contributed by atoms with Crippen molar-refractivity contribution in [3.8, 4) is 0 Å². The van der Waals surface area contributed by atoms with Crippen molar-refractivity contribution in [1.29, 1.82) is 0 Å². The van der Waals surface area contributed by atoms with Crippen molar-refractivity contribution in [1.82, 2.24) is 15.3 Å². The Labute approximate surface area is 129 Å². The second-order valence-electron chi connectivity index (χ2n) is 5.56. The zero-order chi connectivity index (χ0) is 15.5. The Kier molecular flexibility index (Phi) is 3.92. The van der Waals surface area contributed by atoms with Crippen LogP contribution in [0.5, 0.6) is 0 Å². The number of aromatic amines is 1. The highest BCUT2D eigenvalue weighted by molar-refractivity contribution is 5.94.